The van der Waals surface area contributed by atoms with Gasteiger partial charge in [-0.3, -0.25) is 4.98 Å². The molecule has 4 heterocycles. The number of para-hydroxylation sites is 1. The van der Waals surface area contributed by atoms with Crippen LogP contribution < -0.4 is 26.4 Å². The van der Waals surface area contributed by atoms with Gasteiger partial charge in [-0.2, -0.15) is 0 Å². The third-order valence-electron chi connectivity index (χ3n) is 11.8. The summed E-state index contributed by atoms with van der Waals surface area (Å²) in [5.74, 6) is 0. The molecular weight excluding hydrogens is 657 g/mol. The second-order valence-electron chi connectivity index (χ2n) is 17.2. The van der Waals surface area contributed by atoms with Crippen LogP contribution in [0.25, 0.3) is 27.3 Å². The Balaban J connectivity index is 1.22. The molecule has 0 bridgehead atoms. The van der Waals surface area contributed by atoms with Crippen molar-refractivity contribution in [2.24, 2.45) is 0 Å². The highest BCUT2D eigenvalue weighted by Crippen LogP contribution is 2.47. The minimum atomic E-state index is -0.0898. The minimum absolute atomic E-state index is 0.0106. The monoisotopic (exact) mass is 701 g/mol. The topological polar surface area (TPSA) is 32.5 Å². The van der Waals surface area contributed by atoms with Crippen molar-refractivity contribution >= 4 is 79.0 Å². The van der Waals surface area contributed by atoms with Crippen LogP contribution in [0, 0.1) is 0 Å². The quantitative estimate of drug-likeness (QED) is 0.172. The third kappa shape index (κ3) is 5.01. The molecule has 1 aliphatic carbocycles. The fourth-order valence-corrected chi connectivity index (χ4v) is 9.00. The number of rotatable bonds is 3. The number of hydrogen-bond donors (Lipinski definition) is 0. The lowest BCUT2D eigenvalue weighted by atomic mass is 9.35. The summed E-state index contributed by atoms with van der Waals surface area (Å²) < 4.78 is 7.18. The predicted molar refractivity (Wildman–Crippen MR) is 229 cm³/mol. The normalized spacial score (nSPS) is 16.4. The zero-order valence-corrected chi connectivity index (χ0v) is 31.9. The SMILES string of the molecule is CC(C)(C)c1ccc(C2=CC=CC(N3c4cccc5c4B(c4ccc6cnccc6c4N5c4ccccc4)c4oc5ccc(C(C)(C)C)cc5c43)C2)cc1. The van der Waals surface area contributed by atoms with E-state index in [1.165, 1.54) is 66.7 Å². The molecule has 1 unspecified atom stereocenters. The molecule has 0 fully saturated rings. The Labute approximate surface area is 318 Å². The molecule has 5 heteroatoms. The maximum Gasteiger partial charge on any atom is 0.297 e. The van der Waals surface area contributed by atoms with Crippen molar-refractivity contribution in [2.75, 3.05) is 9.80 Å². The summed E-state index contributed by atoms with van der Waals surface area (Å²) in [5.41, 5.74) is 15.7. The molecule has 0 amide bonds. The Hall–Kier alpha value is -5.81. The molecule has 0 N–H and O–H groups in total. The van der Waals surface area contributed by atoms with Crippen LogP contribution in [0.5, 0.6) is 0 Å². The average molecular weight is 702 g/mol. The smallest absolute Gasteiger partial charge is 0.297 e. The summed E-state index contributed by atoms with van der Waals surface area (Å²) >= 11 is 0. The zero-order chi connectivity index (χ0) is 36.9. The molecule has 5 aromatic carbocycles. The first-order chi connectivity index (χ1) is 26.1. The lowest BCUT2D eigenvalue weighted by Gasteiger charge is -2.45. The minimum Gasteiger partial charge on any atom is -0.468 e. The van der Waals surface area contributed by atoms with Crippen molar-refractivity contribution in [1.82, 2.24) is 4.98 Å². The van der Waals surface area contributed by atoms with Crippen molar-refractivity contribution < 1.29 is 4.42 Å². The Morgan fingerprint density at radius 3 is 2.26 bits per heavy atom. The van der Waals surface area contributed by atoms with Crippen molar-refractivity contribution in [3.05, 3.63) is 157 Å². The molecule has 10 rings (SSSR count). The Kier molecular flexibility index (Phi) is 7.20. The summed E-state index contributed by atoms with van der Waals surface area (Å²) in [5, 5.41) is 3.47. The predicted octanol–water partition coefficient (Wildman–Crippen LogP) is 10.7. The second kappa shape index (κ2) is 11.8. The lowest BCUT2D eigenvalue weighted by molar-refractivity contribution is 0.590. The van der Waals surface area contributed by atoms with E-state index in [0.29, 0.717) is 0 Å². The molecule has 0 spiro atoms. The van der Waals surface area contributed by atoms with Gasteiger partial charge in [-0.25, -0.2) is 0 Å². The third-order valence-corrected chi connectivity index (χ3v) is 11.8. The summed E-state index contributed by atoms with van der Waals surface area (Å²) in [4.78, 5) is 9.58. The highest BCUT2D eigenvalue weighted by molar-refractivity contribution is 7.00. The molecular formula is C49H44BN3O. The van der Waals surface area contributed by atoms with E-state index in [9.17, 15) is 0 Å². The largest absolute Gasteiger partial charge is 0.468 e. The molecule has 2 aliphatic heterocycles. The number of nitrogens with zero attached hydrogens (tertiary/aromatic N) is 3. The van der Waals surface area contributed by atoms with Gasteiger partial charge in [0.1, 0.15) is 5.58 Å². The summed E-state index contributed by atoms with van der Waals surface area (Å²) in [7, 11) is 0. The number of allylic oxidation sites excluding steroid dienone is 2. The van der Waals surface area contributed by atoms with Crippen molar-refractivity contribution in [3.63, 3.8) is 0 Å². The summed E-state index contributed by atoms with van der Waals surface area (Å²) in [6.45, 7) is 13.6. The molecule has 2 aromatic heterocycles. The van der Waals surface area contributed by atoms with Gasteiger partial charge in [0.15, 0.2) is 0 Å². The number of fused-ring (bicyclic) bond motifs is 8. The Morgan fingerprint density at radius 1 is 0.722 bits per heavy atom. The fraction of sp³-hybridized carbons (Fsp3) is 0.204. The van der Waals surface area contributed by atoms with E-state index in [4.69, 9.17) is 4.42 Å². The van der Waals surface area contributed by atoms with E-state index < -0.39 is 0 Å². The number of furan rings is 1. The van der Waals surface area contributed by atoms with Crippen LogP contribution in [0.15, 0.2) is 144 Å². The van der Waals surface area contributed by atoms with Gasteiger partial charge >= 0.3 is 0 Å². The molecule has 0 saturated carbocycles. The van der Waals surface area contributed by atoms with Crippen LogP contribution in [0.1, 0.15) is 64.7 Å². The van der Waals surface area contributed by atoms with Gasteiger partial charge < -0.3 is 14.2 Å². The van der Waals surface area contributed by atoms with Gasteiger partial charge in [0, 0.05) is 51.3 Å². The zero-order valence-electron chi connectivity index (χ0n) is 31.9. The van der Waals surface area contributed by atoms with Crippen molar-refractivity contribution in [3.8, 4) is 0 Å². The van der Waals surface area contributed by atoms with Crippen molar-refractivity contribution in [2.45, 2.75) is 64.8 Å². The Morgan fingerprint density at radius 2 is 1.48 bits per heavy atom. The molecule has 264 valence electrons. The highest BCUT2D eigenvalue weighted by Gasteiger charge is 2.47. The molecule has 1 atom stereocenters. The first-order valence-electron chi connectivity index (χ1n) is 19.3. The van der Waals surface area contributed by atoms with Crippen LogP contribution in [-0.4, -0.2) is 17.7 Å². The molecule has 54 heavy (non-hydrogen) atoms. The number of hydrogen-bond acceptors (Lipinski definition) is 4. The first kappa shape index (κ1) is 32.8. The highest BCUT2D eigenvalue weighted by atomic mass is 16.3. The van der Waals surface area contributed by atoms with Crippen LogP contribution in [-0.2, 0) is 10.8 Å². The standard InChI is InChI=1S/C49H44BN3O/c1-48(2,3)34-21-18-31(19-22-34)32-12-10-15-37(28-32)53-42-17-11-16-41-44(42)50(47-46(53)39-29-35(49(4,5)6)23-25-43(39)54-47)40-24-20-33-30-51-27-26-38(33)45(40)52(41)36-13-8-7-9-14-36/h7-27,29-30,37H,28H2,1-6H3. The molecule has 3 aliphatic rings. The number of anilines is 5. The molecule has 0 saturated heterocycles. The van der Waals surface area contributed by atoms with Crippen LogP contribution in [0.3, 0.4) is 0 Å². The molecule has 7 aromatic rings. The average Bonchev–Trinajstić information content (AvgIpc) is 3.56. The summed E-state index contributed by atoms with van der Waals surface area (Å²) in [6.07, 6.45) is 11.7. The van der Waals surface area contributed by atoms with E-state index in [2.05, 4.69) is 184 Å². The fourth-order valence-electron chi connectivity index (χ4n) is 9.00. The van der Waals surface area contributed by atoms with Gasteiger partial charge in [-0.05, 0) is 92.9 Å². The van der Waals surface area contributed by atoms with Gasteiger partial charge in [0.05, 0.1) is 17.4 Å². The van der Waals surface area contributed by atoms with Crippen LogP contribution in [0.4, 0.5) is 28.4 Å². The van der Waals surface area contributed by atoms with E-state index in [-0.39, 0.29) is 23.6 Å². The maximum atomic E-state index is 7.18. The van der Waals surface area contributed by atoms with Gasteiger partial charge in [-0.15, -0.1) is 0 Å². The van der Waals surface area contributed by atoms with Gasteiger partial charge in [0.25, 0.3) is 6.71 Å². The first-order valence-corrected chi connectivity index (χ1v) is 19.3. The number of benzene rings is 5. The Bertz CT molecular complexity index is 2670. The second-order valence-corrected chi connectivity index (χ2v) is 17.2. The van der Waals surface area contributed by atoms with Gasteiger partial charge in [-0.1, -0.05) is 127 Å². The summed E-state index contributed by atoms with van der Waals surface area (Å²) in [6, 6.07) is 40.5. The van der Waals surface area contributed by atoms with E-state index >= 15 is 0 Å². The molecule has 0 radical (unpaired) electrons. The van der Waals surface area contributed by atoms with Crippen LogP contribution in [0.2, 0.25) is 0 Å². The van der Waals surface area contributed by atoms with Gasteiger partial charge in [0.2, 0.25) is 0 Å². The lowest BCUT2D eigenvalue weighted by Crippen LogP contribution is -2.62. The maximum absolute atomic E-state index is 7.18. The van der Waals surface area contributed by atoms with E-state index in [0.717, 1.165) is 28.7 Å². The van der Waals surface area contributed by atoms with E-state index in [1.807, 2.05) is 12.4 Å². The molecule has 4 nitrogen and oxygen atoms in total. The van der Waals surface area contributed by atoms with Crippen LogP contribution >= 0.6 is 0 Å². The number of pyridine rings is 1. The van der Waals surface area contributed by atoms with E-state index in [1.54, 1.807) is 0 Å². The number of aromatic nitrogens is 1. The van der Waals surface area contributed by atoms with Crippen molar-refractivity contribution in [1.29, 1.82) is 0 Å².